The molecule has 4 rings (SSSR count). The molecule has 0 atom stereocenters. The molecule has 0 unspecified atom stereocenters. The molecule has 0 aliphatic rings. The van der Waals surface area contributed by atoms with E-state index in [-0.39, 0.29) is 22.3 Å². The van der Waals surface area contributed by atoms with Gasteiger partial charge in [0.2, 0.25) is 5.91 Å². The van der Waals surface area contributed by atoms with E-state index in [1.165, 1.54) is 37.4 Å². The first-order chi connectivity index (χ1) is 14.7. The average molecular weight is 439 g/mol. The van der Waals surface area contributed by atoms with E-state index >= 15 is 0 Å². The predicted octanol–water partition coefficient (Wildman–Crippen LogP) is 2.12. The predicted molar refractivity (Wildman–Crippen MR) is 110 cm³/mol. The van der Waals surface area contributed by atoms with Crippen LogP contribution in [0.5, 0.6) is 0 Å². The average Bonchev–Trinajstić information content (AvgIpc) is 3.15. The molecule has 11 nitrogen and oxygen atoms in total. The smallest absolute Gasteiger partial charge is 0.289 e. The van der Waals surface area contributed by atoms with E-state index in [0.717, 1.165) is 12.1 Å². The van der Waals surface area contributed by atoms with Crippen molar-refractivity contribution in [3.05, 3.63) is 63.8 Å². The van der Waals surface area contributed by atoms with Gasteiger partial charge in [-0.05, 0) is 18.2 Å². The lowest BCUT2D eigenvalue weighted by molar-refractivity contribution is -0.387. The van der Waals surface area contributed by atoms with Crippen molar-refractivity contribution in [3.63, 3.8) is 0 Å². The number of benzene rings is 2. The fraction of sp³-hybridized carbons (Fsp3) is 0.0526. The zero-order valence-corrected chi connectivity index (χ0v) is 16.6. The van der Waals surface area contributed by atoms with Gasteiger partial charge in [-0.25, -0.2) is 0 Å². The lowest BCUT2D eigenvalue weighted by Crippen LogP contribution is -2.14. The van der Waals surface area contributed by atoms with Crippen LogP contribution in [0, 0.1) is 10.1 Å². The molecule has 2 aromatic carbocycles. The van der Waals surface area contributed by atoms with Crippen LogP contribution in [0.2, 0.25) is 0 Å². The number of nitrogens with one attached hydrogen (secondary N) is 2. The van der Waals surface area contributed by atoms with Gasteiger partial charge in [-0.1, -0.05) is 12.1 Å². The van der Waals surface area contributed by atoms with Crippen molar-refractivity contribution in [1.29, 1.82) is 0 Å². The molecule has 2 heterocycles. The molecule has 31 heavy (non-hydrogen) atoms. The summed E-state index contributed by atoms with van der Waals surface area (Å²) in [4.78, 5) is 39.9. The maximum atomic E-state index is 12.9. The Morgan fingerprint density at radius 1 is 1.29 bits per heavy atom. The Bertz CT molecular complexity index is 1560. The van der Waals surface area contributed by atoms with Crippen LogP contribution in [-0.4, -0.2) is 35.5 Å². The van der Waals surface area contributed by atoms with Crippen LogP contribution >= 0.6 is 0 Å². The minimum Gasteiger partial charge on any atom is -0.351 e. The number of hydrogen-bond acceptors (Lipinski definition) is 7. The van der Waals surface area contributed by atoms with Gasteiger partial charge < -0.3 is 10.3 Å². The summed E-state index contributed by atoms with van der Waals surface area (Å²) in [5.41, 5.74) is 0.349. The van der Waals surface area contributed by atoms with Crippen molar-refractivity contribution < 1.29 is 22.9 Å². The van der Waals surface area contributed by atoms with E-state index in [9.17, 15) is 28.1 Å². The van der Waals surface area contributed by atoms with Gasteiger partial charge in [-0.15, -0.1) is 0 Å². The first kappa shape index (κ1) is 20.1. The monoisotopic (exact) mass is 439 g/mol. The fourth-order valence-corrected chi connectivity index (χ4v) is 4.44. The second kappa shape index (κ2) is 7.25. The number of rotatable bonds is 5. The number of hydrogen-bond donors (Lipinski definition) is 2. The SMILES string of the molecule is CC(=O)Nc1c/c(=N/S(=O)(=O)c2ccccc2[N+](=O)[O-])c2ncc3cc(C=O)[nH]c1c32. The van der Waals surface area contributed by atoms with Crippen LogP contribution < -0.4 is 10.7 Å². The highest BCUT2D eigenvalue weighted by Crippen LogP contribution is 2.30. The number of nitro groups is 1. The van der Waals surface area contributed by atoms with Gasteiger partial charge in [-0.2, -0.15) is 12.8 Å². The van der Waals surface area contributed by atoms with E-state index in [0.29, 0.717) is 22.6 Å². The lowest BCUT2D eigenvalue weighted by atomic mass is 10.1. The summed E-state index contributed by atoms with van der Waals surface area (Å²) >= 11 is 0. The largest absolute Gasteiger partial charge is 0.351 e. The maximum Gasteiger partial charge on any atom is 0.289 e. The Labute approximate surface area is 174 Å². The first-order valence-electron chi connectivity index (χ1n) is 8.76. The number of pyridine rings is 1. The topological polar surface area (TPSA) is 164 Å². The number of aromatic nitrogens is 2. The summed E-state index contributed by atoms with van der Waals surface area (Å²) in [6, 6.07) is 7.65. The zero-order chi connectivity index (χ0) is 22.3. The number of para-hydroxylation sites is 1. The standard InChI is InChI=1S/C19H13N5O6S/c1-10(26)21-13-7-14(18-17-11(8-20-18)6-12(9-25)22-19(13)17)23-31(29,30)16-5-3-2-4-15(16)24(27)28/h2-9,22H,1H3,(H,21,26)/b23-14-. The number of nitrogens with zero attached hydrogens (tertiary/aromatic N) is 3. The number of sulfonamides is 1. The summed E-state index contributed by atoms with van der Waals surface area (Å²) < 4.78 is 29.6. The van der Waals surface area contributed by atoms with Crippen molar-refractivity contribution in [1.82, 2.24) is 9.97 Å². The van der Waals surface area contributed by atoms with Gasteiger partial charge in [-0.3, -0.25) is 24.7 Å². The minimum absolute atomic E-state index is 0.114. The summed E-state index contributed by atoms with van der Waals surface area (Å²) in [5.74, 6) is -0.437. The lowest BCUT2D eigenvalue weighted by Gasteiger charge is -2.09. The second-order valence-corrected chi connectivity index (χ2v) is 8.14. The molecule has 12 heteroatoms. The van der Waals surface area contributed by atoms with E-state index in [1.807, 2.05) is 0 Å². The first-order valence-corrected chi connectivity index (χ1v) is 10.2. The minimum atomic E-state index is -4.49. The van der Waals surface area contributed by atoms with Crippen LogP contribution in [0.4, 0.5) is 11.4 Å². The summed E-state index contributed by atoms with van der Waals surface area (Å²) in [6.07, 6.45) is 2.03. The number of carbonyl (C=O) groups excluding carboxylic acids is 2. The van der Waals surface area contributed by atoms with Crippen molar-refractivity contribution in [3.8, 4) is 0 Å². The van der Waals surface area contributed by atoms with E-state index in [1.54, 1.807) is 0 Å². The van der Waals surface area contributed by atoms with Gasteiger partial charge in [0, 0.05) is 30.0 Å². The molecule has 0 spiro atoms. The number of aromatic amines is 1. The van der Waals surface area contributed by atoms with Crippen LogP contribution in [-0.2, 0) is 14.8 Å². The highest BCUT2D eigenvalue weighted by molar-refractivity contribution is 7.90. The third kappa shape index (κ3) is 3.48. The summed E-state index contributed by atoms with van der Waals surface area (Å²) in [6.45, 7) is 1.27. The third-order valence-corrected chi connectivity index (χ3v) is 5.82. The fourth-order valence-electron chi connectivity index (χ4n) is 3.28. The van der Waals surface area contributed by atoms with Crippen molar-refractivity contribution in [2.24, 2.45) is 4.40 Å². The molecule has 156 valence electrons. The van der Waals surface area contributed by atoms with Gasteiger partial charge >= 0.3 is 0 Å². The number of carbonyl (C=O) groups is 2. The Hall–Kier alpha value is -4.19. The molecule has 0 aliphatic carbocycles. The molecule has 0 saturated carbocycles. The molecule has 2 aromatic heterocycles. The van der Waals surface area contributed by atoms with Crippen LogP contribution in [0.3, 0.4) is 0 Å². The van der Waals surface area contributed by atoms with Gasteiger partial charge in [0.25, 0.3) is 15.7 Å². The van der Waals surface area contributed by atoms with Crippen LogP contribution in [0.1, 0.15) is 17.4 Å². The van der Waals surface area contributed by atoms with E-state index in [2.05, 4.69) is 19.7 Å². The number of nitro benzene ring substituents is 1. The molecule has 0 bridgehead atoms. The Kier molecular flexibility index (Phi) is 4.70. The van der Waals surface area contributed by atoms with Gasteiger partial charge in [0.1, 0.15) is 5.36 Å². The highest BCUT2D eigenvalue weighted by atomic mass is 32.2. The van der Waals surface area contributed by atoms with Gasteiger partial charge in [0.15, 0.2) is 11.2 Å². The Morgan fingerprint density at radius 2 is 2.03 bits per heavy atom. The number of anilines is 1. The molecule has 0 saturated heterocycles. The highest BCUT2D eigenvalue weighted by Gasteiger charge is 2.25. The van der Waals surface area contributed by atoms with Crippen molar-refractivity contribution >= 4 is 55.4 Å². The van der Waals surface area contributed by atoms with E-state index < -0.39 is 31.4 Å². The molecule has 0 fully saturated rings. The number of H-pyrrole nitrogens is 1. The van der Waals surface area contributed by atoms with Crippen molar-refractivity contribution in [2.75, 3.05) is 5.32 Å². The van der Waals surface area contributed by atoms with Crippen molar-refractivity contribution in [2.45, 2.75) is 11.8 Å². The molecule has 1 amide bonds. The molecular weight excluding hydrogens is 426 g/mol. The zero-order valence-electron chi connectivity index (χ0n) is 15.8. The third-order valence-electron chi connectivity index (χ3n) is 4.48. The van der Waals surface area contributed by atoms with Crippen LogP contribution in [0.25, 0.3) is 21.8 Å². The molecule has 0 radical (unpaired) electrons. The molecule has 0 aliphatic heterocycles. The molecule has 2 N–H and O–H groups in total. The Morgan fingerprint density at radius 3 is 2.71 bits per heavy atom. The van der Waals surface area contributed by atoms with E-state index in [4.69, 9.17) is 0 Å². The Balaban J connectivity index is 2.07. The molecule has 4 aromatic rings. The maximum absolute atomic E-state index is 12.9. The number of amides is 1. The molecular formula is C19H13N5O6S. The summed E-state index contributed by atoms with van der Waals surface area (Å²) in [7, 11) is -4.49. The van der Waals surface area contributed by atoms with Crippen LogP contribution in [0.15, 0.2) is 51.9 Å². The normalized spacial score (nSPS) is 12.4. The second-order valence-electron chi connectivity index (χ2n) is 6.57. The van der Waals surface area contributed by atoms with Gasteiger partial charge in [0.05, 0.1) is 27.3 Å². The number of aldehydes is 1. The quantitative estimate of drug-likeness (QED) is 0.273. The summed E-state index contributed by atoms with van der Waals surface area (Å²) in [5, 5.41) is 14.7.